The molecule has 0 aliphatic heterocycles. The van der Waals surface area contributed by atoms with Crippen molar-refractivity contribution in [3.8, 4) is 0 Å². The Labute approximate surface area is 136 Å². The molecule has 0 fully saturated rings. The SMILES string of the molecule is CCC[C@H](C)C(O)C(C)C(=O)CCCC[C@@H](C)CC(C)C=O. The third-order valence-electron chi connectivity index (χ3n) is 4.72. The van der Waals surface area contributed by atoms with E-state index in [4.69, 9.17) is 0 Å². The Morgan fingerprint density at radius 3 is 2.27 bits per heavy atom. The average molecular weight is 312 g/mol. The van der Waals surface area contributed by atoms with E-state index in [2.05, 4.69) is 13.8 Å². The quantitative estimate of drug-likeness (QED) is 0.405. The van der Waals surface area contributed by atoms with Gasteiger partial charge in [0.15, 0.2) is 0 Å². The number of carbonyl (C=O) groups excluding carboxylic acids is 2. The van der Waals surface area contributed by atoms with E-state index in [9.17, 15) is 14.7 Å². The maximum absolute atomic E-state index is 12.2. The molecule has 3 heteroatoms. The molecule has 0 spiro atoms. The van der Waals surface area contributed by atoms with Crippen LogP contribution in [0.1, 0.15) is 79.6 Å². The van der Waals surface area contributed by atoms with Crippen molar-refractivity contribution in [1.29, 1.82) is 0 Å². The molecule has 0 aromatic carbocycles. The fraction of sp³-hybridized carbons (Fsp3) is 0.895. The molecular formula is C19H36O3. The predicted octanol–water partition coefficient (Wildman–Crippen LogP) is 4.41. The van der Waals surface area contributed by atoms with Crippen molar-refractivity contribution in [1.82, 2.24) is 0 Å². The number of Topliss-reactive ketones (excluding diaryl/α,β-unsaturated/α-hetero) is 1. The highest BCUT2D eigenvalue weighted by Crippen LogP contribution is 2.21. The summed E-state index contributed by atoms with van der Waals surface area (Å²) in [5, 5.41) is 10.2. The van der Waals surface area contributed by atoms with Crippen LogP contribution in [0, 0.1) is 23.7 Å². The maximum Gasteiger partial charge on any atom is 0.138 e. The fourth-order valence-electron chi connectivity index (χ4n) is 3.14. The highest BCUT2D eigenvalue weighted by atomic mass is 16.3. The van der Waals surface area contributed by atoms with Gasteiger partial charge in [-0.3, -0.25) is 4.79 Å². The predicted molar refractivity (Wildman–Crippen MR) is 91.7 cm³/mol. The van der Waals surface area contributed by atoms with Crippen LogP contribution in [-0.4, -0.2) is 23.3 Å². The zero-order valence-corrected chi connectivity index (χ0v) is 15.2. The minimum absolute atomic E-state index is 0.131. The van der Waals surface area contributed by atoms with E-state index < -0.39 is 6.10 Å². The molecule has 0 aromatic heterocycles. The van der Waals surface area contributed by atoms with E-state index in [1.807, 2.05) is 20.8 Å². The van der Waals surface area contributed by atoms with Crippen molar-refractivity contribution in [2.45, 2.75) is 85.7 Å². The van der Waals surface area contributed by atoms with E-state index in [-0.39, 0.29) is 23.5 Å². The molecule has 0 aromatic rings. The van der Waals surface area contributed by atoms with Gasteiger partial charge in [-0.05, 0) is 31.1 Å². The van der Waals surface area contributed by atoms with Gasteiger partial charge in [0.1, 0.15) is 12.1 Å². The van der Waals surface area contributed by atoms with E-state index in [1.165, 1.54) is 0 Å². The summed E-state index contributed by atoms with van der Waals surface area (Å²) in [5.74, 6) is 0.780. The summed E-state index contributed by atoms with van der Waals surface area (Å²) in [6.45, 7) is 10.1. The molecule has 0 heterocycles. The van der Waals surface area contributed by atoms with Crippen LogP contribution in [0.2, 0.25) is 0 Å². The third-order valence-corrected chi connectivity index (χ3v) is 4.72. The highest BCUT2D eigenvalue weighted by molar-refractivity contribution is 5.81. The Bertz CT molecular complexity index is 314. The minimum Gasteiger partial charge on any atom is -0.392 e. The molecule has 3 nitrogen and oxygen atoms in total. The summed E-state index contributed by atoms with van der Waals surface area (Å²) < 4.78 is 0. The van der Waals surface area contributed by atoms with E-state index in [0.717, 1.165) is 44.8 Å². The van der Waals surface area contributed by atoms with Gasteiger partial charge in [-0.2, -0.15) is 0 Å². The first-order valence-corrected chi connectivity index (χ1v) is 8.99. The van der Waals surface area contributed by atoms with Gasteiger partial charge in [0.05, 0.1) is 6.10 Å². The maximum atomic E-state index is 12.2. The first kappa shape index (κ1) is 21.3. The van der Waals surface area contributed by atoms with Crippen LogP contribution in [0.5, 0.6) is 0 Å². The second-order valence-corrected chi connectivity index (χ2v) is 7.21. The van der Waals surface area contributed by atoms with Gasteiger partial charge < -0.3 is 9.90 Å². The van der Waals surface area contributed by atoms with Crippen LogP contribution in [0.3, 0.4) is 0 Å². The van der Waals surface area contributed by atoms with Crippen LogP contribution in [0.25, 0.3) is 0 Å². The second-order valence-electron chi connectivity index (χ2n) is 7.21. The van der Waals surface area contributed by atoms with Crippen molar-refractivity contribution in [2.75, 3.05) is 0 Å². The molecule has 0 aliphatic rings. The molecule has 0 saturated carbocycles. The summed E-state index contributed by atoms with van der Waals surface area (Å²) in [4.78, 5) is 22.8. The third kappa shape index (κ3) is 8.67. The molecule has 0 bridgehead atoms. The van der Waals surface area contributed by atoms with E-state index in [1.54, 1.807) is 0 Å². The van der Waals surface area contributed by atoms with Gasteiger partial charge in [0.25, 0.3) is 0 Å². The molecule has 0 saturated heterocycles. The lowest BCUT2D eigenvalue weighted by Crippen LogP contribution is -2.31. The van der Waals surface area contributed by atoms with Crippen LogP contribution < -0.4 is 0 Å². The number of carbonyl (C=O) groups is 2. The summed E-state index contributed by atoms with van der Waals surface area (Å²) in [7, 11) is 0. The lowest BCUT2D eigenvalue weighted by Gasteiger charge is -2.23. The Morgan fingerprint density at radius 2 is 1.73 bits per heavy atom. The minimum atomic E-state index is -0.514. The van der Waals surface area contributed by atoms with Crippen LogP contribution in [0.15, 0.2) is 0 Å². The van der Waals surface area contributed by atoms with Crippen molar-refractivity contribution in [2.24, 2.45) is 23.7 Å². The van der Waals surface area contributed by atoms with Crippen molar-refractivity contribution < 1.29 is 14.7 Å². The van der Waals surface area contributed by atoms with Gasteiger partial charge in [-0.1, -0.05) is 53.9 Å². The average Bonchev–Trinajstić information content (AvgIpc) is 2.49. The normalized spacial score (nSPS) is 18.3. The van der Waals surface area contributed by atoms with Crippen molar-refractivity contribution in [3.63, 3.8) is 0 Å². The molecular weight excluding hydrogens is 276 g/mol. The number of aliphatic hydroxyl groups is 1. The van der Waals surface area contributed by atoms with E-state index in [0.29, 0.717) is 12.3 Å². The number of unbranched alkanes of at least 4 members (excludes halogenated alkanes) is 1. The van der Waals surface area contributed by atoms with Gasteiger partial charge in [-0.25, -0.2) is 0 Å². The molecule has 130 valence electrons. The summed E-state index contributed by atoms with van der Waals surface area (Å²) in [5.41, 5.74) is 0. The van der Waals surface area contributed by atoms with Crippen molar-refractivity contribution >= 4 is 12.1 Å². The second kappa shape index (κ2) is 11.8. The van der Waals surface area contributed by atoms with Gasteiger partial charge in [0.2, 0.25) is 0 Å². The zero-order chi connectivity index (χ0) is 17.1. The largest absolute Gasteiger partial charge is 0.392 e. The number of aliphatic hydroxyl groups excluding tert-OH is 1. The number of ketones is 1. The molecule has 0 radical (unpaired) electrons. The van der Waals surface area contributed by atoms with E-state index >= 15 is 0 Å². The first-order chi connectivity index (χ1) is 10.3. The van der Waals surface area contributed by atoms with Gasteiger partial charge >= 0.3 is 0 Å². The van der Waals surface area contributed by atoms with Crippen LogP contribution in [-0.2, 0) is 9.59 Å². The highest BCUT2D eigenvalue weighted by Gasteiger charge is 2.25. The zero-order valence-electron chi connectivity index (χ0n) is 15.2. The standard InChI is InChI=1S/C19H36O3/c1-6-9-16(4)19(22)17(5)18(21)11-8-7-10-14(2)12-15(3)13-20/h13-17,19,22H,6-12H2,1-5H3/t14-,15?,16+,17?,19?/m1/s1. The topological polar surface area (TPSA) is 54.4 Å². The smallest absolute Gasteiger partial charge is 0.138 e. The van der Waals surface area contributed by atoms with Crippen LogP contribution >= 0.6 is 0 Å². The Balaban J connectivity index is 3.95. The number of hydrogen-bond acceptors (Lipinski definition) is 3. The van der Waals surface area contributed by atoms with Gasteiger partial charge in [-0.15, -0.1) is 0 Å². The monoisotopic (exact) mass is 312 g/mol. The Morgan fingerprint density at radius 1 is 1.09 bits per heavy atom. The summed E-state index contributed by atoms with van der Waals surface area (Å²) in [6, 6.07) is 0. The molecule has 0 amide bonds. The molecule has 5 atom stereocenters. The van der Waals surface area contributed by atoms with Gasteiger partial charge in [0, 0.05) is 18.3 Å². The Hall–Kier alpha value is -0.700. The lowest BCUT2D eigenvalue weighted by atomic mass is 9.86. The number of rotatable bonds is 13. The molecule has 3 unspecified atom stereocenters. The van der Waals surface area contributed by atoms with Crippen molar-refractivity contribution in [3.05, 3.63) is 0 Å². The first-order valence-electron chi connectivity index (χ1n) is 8.99. The molecule has 0 rings (SSSR count). The summed E-state index contributed by atoms with van der Waals surface area (Å²) >= 11 is 0. The fourth-order valence-corrected chi connectivity index (χ4v) is 3.14. The number of hydrogen-bond donors (Lipinski definition) is 1. The summed E-state index contributed by atoms with van der Waals surface area (Å²) in [6.07, 6.45) is 6.97. The Kier molecular flexibility index (Phi) is 11.4. The molecule has 1 N–H and O–H groups in total. The molecule has 22 heavy (non-hydrogen) atoms. The lowest BCUT2D eigenvalue weighted by molar-refractivity contribution is -0.127. The number of aldehydes is 1. The molecule has 0 aliphatic carbocycles. The van der Waals surface area contributed by atoms with Crippen LogP contribution in [0.4, 0.5) is 0 Å².